The van der Waals surface area contributed by atoms with Crippen LogP contribution in [0.3, 0.4) is 0 Å². The third kappa shape index (κ3) is 2.42. The molecular formula is C19H18BrNO3. The fraction of sp³-hybridized carbons (Fsp3) is 0.368. The number of phenols is 1. The van der Waals surface area contributed by atoms with Crippen LogP contribution in [-0.2, 0) is 9.59 Å². The number of dihydropyridines is 1. The van der Waals surface area contributed by atoms with E-state index in [1.165, 1.54) is 0 Å². The Morgan fingerprint density at radius 2 is 1.54 bits per heavy atom. The number of nitrogens with one attached hydrogen (secondary N) is 1. The first kappa shape index (κ1) is 15.6. The minimum absolute atomic E-state index is 0.128. The summed E-state index contributed by atoms with van der Waals surface area (Å²) >= 11 is 3.35. The monoisotopic (exact) mass is 387 g/mol. The number of allylic oxidation sites excluding steroid dienone is 4. The Morgan fingerprint density at radius 3 is 2.08 bits per heavy atom. The Labute approximate surface area is 148 Å². The van der Waals surface area contributed by atoms with Crippen molar-refractivity contribution in [2.45, 2.75) is 44.4 Å². The highest BCUT2D eigenvalue weighted by Gasteiger charge is 2.40. The van der Waals surface area contributed by atoms with Gasteiger partial charge in [-0.05, 0) is 59.3 Å². The predicted octanol–water partition coefficient (Wildman–Crippen LogP) is 3.86. The quantitative estimate of drug-likeness (QED) is 0.767. The Bertz CT molecular complexity index is 780. The van der Waals surface area contributed by atoms with E-state index in [-0.39, 0.29) is 23.2 Å². The number of ketones is 2. The van der Waals surface area contributed by atoms with E-state index in [4.69, 9.17) is 0 Å². The molecule has 0 fully saturated rings. The first-order valence-corrected chi connectivity index (χ1v) is 9.13. The van der Waals surface area contributed by atoms with Crippen molar-refractivity contribution in [2.75, 3.05) is 0 Å². The van der Waals surface area contributed by atoms with Gasteiger partial charge in [0.2, 0.25) is 0 Å². The van der Waals surface area contributed by atoms with Crippen LogP contribution >= 0.6 is 15.9 Å². The van der Waals surface area contributed by atoms with Gasteiger partial charge in [0.25, 0.3) is 0 Å². The number of Topliss-reactive ketones (excluding diaryl/α,β-unsaturated/α-hetero) is 2. The zero-order valence-electron chi connectivity index (χ0n) is 13.2. The second-order valence-electron chi connectivity index (χ2n) is 6.61. The maximum atomic E-state index is 12.7. The van der Waals surface area contributed by atoms with Gasteiger partial charge in [0, 0.05) is 41.3 Å². The summed E-state index contributed by atoms with van der Waals surface area (Å²) in [6.07, 6.45) is 4.48. The number of benzene rings is 1. The molecule has 124 valence electrons. The van der Waals surface area contributed by atoms with Crippen LogP contribution in [0.1, 0.15) is 50.0 Å². The van der Waals surface area contributed by atoms with Crippen molar-refractivity contribution in [1.82, 2.24) is 5.32 Å². The van der Waals surface area contributed by atoms with Crippen LogP contribution < -0.4 is 5.32 Å². The van der Waals surface area contributed by atoms with Crippen LogP contribution in [0.5, 0.6) is 5.75 Å². The predicted molar refractivity (Wildman–Crippen MR) is 93.5 cm³/mol. The molecule has 0 saturated carbocycles. The van der Waals surface area contributed by atoms with Crippen LogP contribution in [0.15, 0.2) is 45.2 Å². The van der Waals surface area contributed by atoms with Crippen molar-refractivity contribution >= 4 is 27.5 Å². The molecule has 0 unspecified atom stereocenters. The molecule has 0 bridgehead atoms. The fourth-order valence-electron chi connectivity index (χ4n) is 4.02. The minimum atomic E-state index is -0.311. The second-order valence-corrected chi connectivity index (χ2v) is 7.46. The molecule has 1 aromatic carbocycles. The molecule has 24 heavy (non-hydrogen) atoms. The summed E-state index contributed by atoms with van der Waals surface area (Å²) in [5, 5.41) is 13.2. The van der Waals surface area contributed by atoms with Crippen LogP contribution in [0.4, 0.5) is 0 Å². The molecule has 5 heteroatoms. The van der Waals surface area contributed by atoms with Gasteiger partial charge in [0.15, 0.2) is 11.6 Å². The average molecular weight is 388 g/mol. The van der Waals surface area contributed by atoms with Gasteiger partial charge in [0.1, 0.15) is 5.75 Å². The van der Waals surface area contributed by atoms with E-state index in [0.29, 0.717) is 17.3 Å². The van der Waals surface area contributed by atoms with Crippen molar-refractivity contribution in [3.63, 3.8) is 0 Å². The molecule has 4 rings (SSSR count). The van der Waals surface area contributed by atoms with Gasteiger partial charge >= 0.3 is 0 Å². The van der Waals surface area contributed by atoms with Gasteiger partial charge in [-0.1, -0.05) is 6.07 Å². The molecule has 3 aliphatic rings. The number of halogens is 1. The molecule has 0 spiro atoms. The smallest absolute Gasteiger partial charge is 0.161 e. The lowest BCUT2D eigenvalue weighted by atomic mass is 9.71. The highest BCUT2D eigenvalue weighted by Crippen LogP contribution is 2.46. The Balaban J connectivity index is 1.92. The zero-order chi connectivity index (χ0) is 16.8. The molecule has 4 nitrogen and oxygen atoms in total. The topological polar surface area (TPSA) is 66.4 Å². The maximum Gasteiger partial charge on any atom is 0.161 e. The summed E-state index contributed by atoms with van der Waals surface area (Å²) in [5.41, 5.74) is 4.33. The van der Waals surface area contributed by atoms with E-state index in [1.54, 1.807) is 6.07 Å². The summed E-state index contributed by atoms with van der Waals surface area (Å²) in [7, 11) is 0. The van der Waals surface area contributed by atoms with E-state index in [1.807, 2.05) is 12.1 Å². The van der Waals surface area contributed by atoms with Gasteiger partial charge in [-0.2, -0.15) is 0 Å². The van der Waals surface area contributed by atoms with Crippen molar-refractivity contribution in [3.8, 4) is 5.75 Å². The van der Waals surface area contributed by atoms with Crippen LogP contribution in [0.25, 0.3) is 0 Å². The number of carbonyl (C=O) groups excluding carboxylic acids is 2. The lowest BCUT2D eigenvalue weighted by Crippen LogP contribution is -2.36. The van der Waals surface area contributed by atoms with E-state index in [2.05, 4.69) is 21.2 Å². The third-order valence-corrected chi connectivity index (χ3v) is 5.73. The summed E-state index contributed by atoms with van der Waals surface area (Å²) in [5.74, 6) is 0.0977. The molecule has 0 atom stereocenters. The average Bonchev–Trinajstić information content (AvgIpc) is 2.56. The highest BCUT2D eigenvalue weighted by molar-refractivity contribution is 9.10. The fourth-order valence-corrected chi connectivity index (χ4v) is 4.42. The van der Waals surface area contributed by atoms with Crippen LogP contribution in [0, 0.1) is 0 Å². The number of aromatic hydroxyl groups is 1. The summed E-state index contributed by atoms with van der Waals surface area (Å²) in [6, 6.07) is 5.25. The summed E-state index contributed by atoms with van der Waals surface area (Å²) < 4.78 is 0.578. The van der Waals surface area contributed by atoms with Gasteiger partial charge < -0.3 is 10.4 Å². The molecule has 0 saturated heterocycles. The molecule has 2 aliphatic carbocycles. The van der Waals surface area contributed by atoms with Crippen LogP contribution in [0.2, 0.25) is 0 Å². The maximum absolute atomic E-state index is 12.7. The van der Waals surface area contributed by atoms with Crippen molar-refractivity contribution in [1.29, 1.82) is 0 Å². The Kier molecular flexibility index (Phi) is 3.83. The lowest BCUT2D eigenvalue weighted by molar-refractivity contribution is -0.116. The Morgan fingerprint density at radius 1 is 0.958 bits per heavy atom. The number of hydrogen-bond donors (Lipinski definition) is 2. The number of rotatable bonds is 1. The van der Waals surface area contributed by atoms with Gasteiger partial charge in [0.05, 0.1) is 4.47 Å². The largest absolute Gasteiger partial charge is 0.507 e. The van der Waals surface area contributed by atoms with Gasteiger partial charge in [-0.3, -0.25) is 9.59 Å². The zero-order valence-corrected chi connectivity index (χ0v) is 14.8. The summed E-state index contributed by atoms with van der Waals surface area (Å²) in [4.78, 5) is 25.3. The van der Waals surface area contributed by atoms with Crippen molar-refractivity contribution in [2.24, 2.45) is 0 Å². The first-order chi connectivity index (χ1) is 11.6. The SMILES string of the molecule is O=C1CCCC2=C1C(c1ccc(O)c(Br)c1)C1=C(CCCC1=O)N2. The van der Waals surface area contributed by atoms with Crippen molar-refractivity contribution in [3.05, 3.63) is 50.8 Å². The van der Waals surface area contributed by atoms with Crippen molar-refractivity contribution < 1.29 is 14.7 Å². The standard InChI is InChI=1S/C19H18BrNO3/c20-11-9-10(7-8-14(11)22)17-18-12(3-1-5-15(18)23)21-13-4-2-6-16(24)19(13)17/h7-9,17,21-22H,1-6H2. The van der Waals surface area contributed by atoms with E-state index >= 15 is 0 Å². The molecule has 1 aromatic rings. The number of phenolic OH excluding ortho intramolecular Hbond substituents is 1. The normalized spacial score (nSPS) is 21.5. The van der Waals surface area contributed by atoms with E-state index < -0.39 is 0 Å². The second kappa shape index (κ2) is 5.88. The molecule has 0 amide bonds. The van der Waals surface area contributed by atoms with Crippen LogP contribution in [-0.4, -0.2) is 16.7 Å². The third-order valence-electron chi connectivity index (χ3n) is 5.10. The highest BCUT2D eigenvalue weighted by atomic mass is 79.9. The number of hydrogen-bond acceptors (Lipinski definition) is 4. The molecular weight excluding hydrogens is 370 g/mol. The van der Waals surface area contributed by atoms with E-state index in [9.17, 15) is 14.7 Å². The lowest BCUT2D eigenvalue weighted by Gasteiger charge is -2.37. The van der Waals surface area contributed by atoms with E-state index in [0.717, 1.165) is 53.8 Å². The summed E-state index contributed by atoms with van der Waals surface area (Å²) in [6.45, 7) is 0. The molecule has 1 heterocycles. The molecule has 1 aliphatic heterocycles. The minimum Gasteiger partial charge on any atom is -0.507 e. The number of carbonyl (C=O) groups is 2. The molecule has 0 aromatic heterocycles. The molecule has 2 N–H and O–H groups in total. The van der Waals surface area contributed by atoms with Gasteiger partial charge in [-0.25, -0.2) is 0 Å². The van der Waals surface area contributed by atoms with Gasteiger partial charge in [-0.15, -0.1) is 0 Å². The first-order valence-electron chi connectivity index (χ1n) is 8.34. The molecule has 0 radical (unpaired) electrons. The Hall–Kier alpha value is -1.88.